The first-order chi connectivity index (χ1) is 13.4. The van der Waals surface area contributed by atoms with E-state index in [1.165, 1.54) is 10.8 Å². The summed E-state index contributed by atoms with van der Waals surface area (Å²) in [5, 5.41) is 2.41. The molecule has 1 aromatic heterocycles. The standard InChI is InChI=1S/C20H18N4O3S/c1-23-18(15-8-4-3-5-9-15)19(25)20(24(23)2)22-28(26,27)16-12-6-10-14-11-7-13-21-17(14)16/h3-13,18H,1-2H3/p+1/t18-/m0/s1. The second kappa shape index (κ2) is 6.72. The molecule has 7 nitrogen and oxygen atoms in total. The Morgan fingerprint density at radius 3 is 2.50 bits per heavy atom. The predicted octanol–water partition coefficient (Wildman–Crippen LogP) is 1.72. The summed E-state index contributed by atoms with van der Waals surface area (Å²) in [5.74, 6) is -0.308. The Labute approximate surface area is 163 Å². The molecule has 0 fully saturated rings. The van der Waals surface area contributed by atoms with Gasteiger partial charge in [-0.25, -0.2) is 5.01 Å². The molecule has 0 amide bonds. The molecular weight excluding hydrogens is 376 g/mol. The molecule has 0 aliphatic carbocycles. The molecule has 1 aliphatic heterocycles. The number of hydrazine groups is 1. The van der Waals surface area contributed by atoms with E-state index < -0.39 is 16.1 Å². The summed E-state index contributed by atoms with van der Waals surface area (Å²) < 4.78 is 30.1. The highest BCUT2D eigenvalue weighted by molar-refractivity contribution is 7.90. The van der Waals surface area contributed by atoms with E-state index in [2.05, 4.69) is 9.71 Å². The number of hydrogen-bond donors (Lipinski definition) is 1. The second-order valence-electron chi connectivity index (χ2n) is 6.56. The van der Waals surface area contributed by atoms with Crippen LogP contribution in [0.4, 0.5) is 0 Å². The number of carbonyl (C=O) groups excluding carboxylic acids is 1. The van der Waals surface area contributed by atoms with E-state index in [9.17, 15) is 13.2 Å². The third kappa shape index (κ3) is 2.91. The summed E-state index contributed by atoms with van der Waals surface area (Å²) in [6.07, 6.45) is 1.54. The molecule has 0 unspecified atom stereocenters. The first-order valence-corrected chi connectivity index (χ1v) is 10.2. The van der Waals surface area contributed by atoms with E-state index in [1.54, 1.807) is 49.6 Å². The average Bonchev–Trinajstić information content (AvgIpc) is 2.91. The monoisotopic (exact) mass is 395 g/mol. The fraction of sp³-hybridized carbons (Fsp3) is 0.150. The van der Waals surface area contributed by atoms with Crippen molar-refractivity contribution in [3.63, 3.8) is 0 Å². The number of nitrogens with one attached hydrogen (secondary N) is 1. The number of hydrazone groups is 1. The van der Waals surface area contributed by atoms with Crippen molar-refractivity contribution in [2.75, 3.05) is 14.1 Å². The van der Waals surface area contributed by atoms with E-state index in [0.29, 0.717) is 10.9 Å². The number of amidine groups is 1. The maximum atomic E-state index is 13.1. The molecule has 3 aromatic rings. The van der Waals surface area contributed by atoms with Crippen molar-refractivity contribution >= 4 is 32.5 Å². The summed E-state index contributed by atoms with van der Waals surface area (Å²) in [4.78, 5) is 17.3. The first kappa shape index (κ1) is 18.1. The van der Waals surface area contributed by atoms with Crippen molar-refractivity contribution in [3.05, 3.63) is 72.4 Å². The number of fused-ring (bicyclic) bond motifs is 1. The number of ketones is 1. The van der Waals surface area contributed by atoms with Gasteiger partial charge in [0.15, 0.2) is 6.04 Å². The molecule has 1 N–H and O–H groups in total. The van der Waals surface area contributed by atoms with Gasteiger partial charge in [0.25, 0.3) is 5.78 Å². The number of aromatic nitrogens is 1. The molecule has 1 aliphatic rings. The van der Waals surface area contributed by atoms with E-state index in [4.69, 9.17) is 0 Å². The largest absolute Gasteiger partial charge is 0.355 e. The molecule has 8 heteroatoms. The van der Waals surface area contributed by atoms with Crippen LogP contribution in [0.15, 0.2) is 71.8 Å². The van der Waals surface area contributed by atoms with Crippen LogP contribution in [0.25, 0.3) is 10.9 Å². The quantitative estimate of drug-likeness (QED) is 0.683. The normalized spacial score (nSPS) is 17.4. The van der Waals surface area contributed by atoms with Crippen LogP contribution in [-0.4, -0.2) is 48.8 Å². The van der Waals surface area contributed by atoms with Gasteiger partial charge in [-0.2, -0.15) is 17.8 Å². The number of hydrogen-bond acceptors (Lipinski definition) is 5. The number of carbonyl (C=O) groups is 1. The predicted molar refractivity (Wildman–Crippen MR) is 105 cm³/mol. The molecule has 1 atom stereocenters. The number of pyridine rings is 1. The van der Waals surface area contributed by atoms with Crippen LogP contribution < -0.4 is 4.72 Å². The van der Waals surface area contributed by atoms with Gasteiger partial charge in [-0.3, -0.25) is 9.78 Å². The SMILES string of the molecule is CN1[C@@H](c2ccccc2)C(=O)C(NS(=O)(=O)c2cccc3cccnc23)=[N+]1C. The van der Waals surface area contributed by atoms with Crippen molar-refractivity contribution in [2.45, 2.75) is 10.9 Å². The molecule has 28 heavy (non-hydrogen) atoms. The van der Waals surface area contributed by atoms with E-state index >= 15 is 0 Å². The maximum Gasteiger partial charge on any atom is 0.355 e. The number of nitrogens with zero attached hydrogens (tertiary/aromatic N) is 3. The van der Waals surface area contributed by atoms with E-state index in [0.717, 1.165) is 5.56 Å². The van der Waals surface area contributed by atoms with Gasteiger partial charge in [0.1, 0.15) is 11.9 Å². The van der Waals surface area contributed by atoms with Gasteiger partial charge in [0, 0.05) is 18.6 Å². The Morgan fingerprint density at radius 1 is 1.04 bits per heavy atom. The van der Waals surface area contributed by atoms with Gasteiger partial charge in [-0.05, 0) is 17.7 Å². The fourth-order valence-electron chi connectivity index (χ4n) is 3.38. The van der Waals surface area contributed by atoms with Gasteiger partial charge < -0.3 is 0 Å². The zero-order chi connectivity index (χ0) is 19.9. The number of likely N-dealkylation sites (N-methyl/N-ethyl adjacent to an activating group) is 1. The van der Waals surface area contributed by atoms with Crippen molar-refractivity contribution in [2.24, 2.45) is 0 Å². The van der Waals surface area contributed by atoms with Crippen molar-refractivity contribution in [1.29, 1.82) is 0 Å². The number of sulfonamides is 1. The molecule has 2 aromatic carbocycles. The molecular formula is C20H19N4O3S+. The van der Waals surface area contributed by atoms with Gasteiger partial charge in [-0.1, -0.05) is 48.5 Å². The minimum Gasteiger partial charge on any atom is -0.283 e. The summed E-state index contributed by atoms with van der Waals surface area (Å²) >= 11 is 0. The van der Waals surface area contributed by atoms with Crippen LogP contribution in [0, 0.1) is 0 Å². The highest BCUT2D eigenvalue weighted by Crippen LogP contribution is 2.26. The molecule has 142 valence electrons. The van der Waals surface area contributed by atoms with Gasteiger partial charge >= 0.3 is 15.9 Å². The average molecular weight is 395 g/mol. The Balaban J connectivity index is 1.73. The summed E-state index contributed by atoms with van der Waals surface area (Å²) in [6.45, 7) is 0. The topological polar surface area (TPSA) is 82.4 Å². The van der Waals surface area contributed by atoms with Crippen LogP contribution >= 0.6 is 0 Å². The molecule has 0 saturated carbocycles. The Kier molecular flexibility index (Phi) is 4.35. The number of benzene rings is 2. The van der Waals surface area contributed by atoms with Crippen LogP contribution in [-0.2, 0) is 14.8 Å². The smallest absolute Gasteiger partial charge is 0.283 e. The zero-order valence-corrected chi connectivity index (χ0v) is 16.2. The third-order valence-electron chi connectivity index (χ3n) is 4.88. The lowest BCUT2D eigenvalue weighted by atomic mass is 10.0. The van der Waals surface area contributed by atoms with E-state index in [1.807, 2.05) is 30.3 Å². The molecule has 0 radical (unpaired) electrons. The summed E-state index contributed by atoms with van der Waals surface area (Å²) in [6, 6.07) is 17.1. The lowest BCUT2D eigenvalue weighted by Gasteiger charge is -2.18. The minimum atomic E-state index is -4.00. The third-order valence-corrected chi connectivity index (χ3v) is 6.25. The molecule has 0 saturated heterocycles. The summed E-state index contributed by atoms with van der Waals surface area (Å²) in [5.41, 5.74) is 1.15. The number of para-hydroxylation sites is 1. The highest BCUT2D eigenvalue weighted by Gasteiger charge is 2.45. The highest BCUT2D eigenvalue weighted by atomic mass is 32.2. The van der Waals surface area contributed by atoms with Crippen LogP contribution in [0.3, 0.4) is 0 Å². The maximum absolute atomic E-state index is 13.1. The molecule has 0 bridgehead atoms. The first-order valence-electron chi connectivity index (χ1n) is 8.69. The lowest BCUT2D eigenvalue weighted by Crippen LogP contribution is -2.39. The molecule has 0 spiro atoms. The van der Waals surface area contributed by atoms with Crippen molar-refractivity contribution < 1.29 is 17.9 Å². The summed E-state index contributed by atoms with van der Waals surface area (Å²) in [7, 11) is -0.605. The molecule has 4 rings (SSSR count). The Hall–Kier alpha value is -3.26. The number of rotatable bonds is 3. The fourth-order valence-corrected chi connectivity index (χ4v) is 4.66. The Morgan fingerprint density at radius 2 is 1.75 bits per heavy atom. The van der Waals surface area contributed by atoms with Crippen LogP contribution in [0.5, 0.6) is 0 Å². The van der Waals surface area contributed by atoms with Gasteiger partial charge in [-0.15, -0.1) is 0 Å². The zero-order valence-electron chi connectivity index (χ0n) is 15.4. The van der Waals surface area contributed by atoms with Gasteiger partial charge in [0.2, 0.25) is 0 Å². The van der Waals surface area contributed by atoms with Crippen LogP contribution in [0.1, 0.15) is 11.6 Å². The second-order valence-corrected chi connectivity index (χ2v) is 8.21. The van der Waals surface area contributed by atoms with Crippen molar-refractivity contribution in [3.8, 4) is 0 Å². The van der Waals surface area contributed by atoms with Crippen LogP contribution in [0.2, 0.25) is 0 Å². The Bertz CT molecular complexity index is 1200. The minimum absolute atomic E-state index is 0.00397. The van der Waals surface area contributed by atoms with Crippen molar-refractivity contribution in [1.82, 2.24) is 14.7 Å². The lowest BCUT2D eigenvalue weighted by molar-refractivity contribution is -0.661. The van der Waals surface area contributed by atoms with Gasteiger partial charge in [0.05, 0.1) is 5.52 Å². The molecule has 2 heterocycles. The number of Topliss-reactive ketones (excluding diaryl/α,β-unsaturated/α-hetero) is 1. The van der Waals surface area contributed by atoms with E-state index in [-0.39, 0.29) is 16.5 Å².